The number of aryl methyl sites for hydroxylation is 1. The summed E-state index contributed by atoms with van der Waals surface area (Å²) in [5.74, 6) is 0. The first-order valence-corrected chi connectivity index (χ1v) is 7.14. The first-order valence-electron chi connectivity index (χ1n) is 5.70. The van der Waals surface area contributed by atoms with Crippen LogP contribution in [0.5, 0.6) is 0 Å². The minimum absolute atomic E-state index is 0. The Bertz CT molecular complexity index is 668. The van der Waals surface area contributed by atoms with Crippen LogP contribution in [-0.2, 0) is 10.0 Å². The van der Waals surface area contributed by atoms with Gasteiger partial charge in [-0.1, -0.05) is 48.0 Å². The van der Waals surface area contributed by atoms with Crippen LogP contribution in [0.15, 0.2) is 64.6 Å². The molecule has 2 aromatic rings. The van der Waals surface area contributed by atoms with Gasteiger partial charge in [-0.3, -0.25) is 0 Å². The number of hydrogen-bond acceptors (Lipinski definition) is 3. The van der Waals surface area contributed by atoms with E-state index in [0.29, 0.717) is 0 Å². The van der Waals surface area contributed by atoms with Crippen molar-refractivity contribution in [1.29, 1.82) is 0 Å². The van der Waals surface area contributed by atoms with Crippen LogP contribution >= 0.6 is 0 Å². The molecule has 0 spiro atoms. The molecule has 0 unspecified atom stereocenters. The summed E-state index contributed by atoms with van der Waals surface area (Å²) in [5, 5.41) is 3.62. The van der Waals surface area contributed by atoms with Crippen LogP contribution in [0.3, 0.4) is 0 Å². The van der Waals surface area contributed by atoms with Crippen molar-refractivity contribution in [2.75, 3.05) is 0 Å². The summed E-state index contributed by atoms with van der Waals surface area (Å²) in [6, 6.07) is 15.7. The SMILES string of the molecule is Cc1ccc(S(=O)(=O)[N-]/N=C/c2ccccc2)cc1.[Na+]. The Labute approximate surface area is 141 Å². The fraction of sp³-hybridized carbons (Fsp3) is 0.0714. The van der Waals surface area contributed by atoms with Crippen LogP contribution in [0.25, 0.3) is 4.83 Å². The summed E-state index contributed by atoms with van der Waals surface area (Å²) in [5.41, 5.74) is 1.79. The molecule has 0 saturated carbocycles. The third-order valence-corrected chi connectivity index (χ3v) is 3.66. The molecule has 0 aromatic heterocycles. The van der Waals surface area contributed by atoms with Gasteiger partial charge in [0.05, 0.1) is 4.90 Å². The van der Waals surface area contributed by atoms with Gasteiger partial charge in [-0.25, -0.2) is 8.42 Å². The first-order chi connectivity index (χ1) is 9.08. The Hall–Kier alpha value is -1.14. The summed E-state index contributed by atoms with van der Waals surface area (Å²) >= 11 is 0. The van der Waals surface area contributed by atoms with Gasteiger partial charge in [-0.05, 0) is 24.6 Å². The maximum absolute atomic E-state index is 11.9. The molecule has 98 valence electrons. The standard InChI is InChI=1S/C14H13N2O2S.Na/c1-12-7-9-14(10-8-12)19(17,18)16-15-11-13-5-3-2-4-6-13;/h2-11H,1H3;/q-1;+1/b15-11+;. The van der Waals surface area contributed by atoms with Crippen molar-refractivity contribution in [3.05, 3.63) is 70.6 Å². The second-order valence-electron chi connectivity index (χ2n) is 4.03. The van der Waals surface area contributed by atoms with E-state index < -0.39 is 10.0 Å². The van der Waals surface area contributed by atoms with Gasteiger partial charge in [-0.2, -0.15) is 0 Å². The number of benzene rings is 2. The van der Waals surface area contributed by atoms with Crippen molar-refractivity contribution in [2.24, 2.45) is 5.10 Å². The Kier molecular flexibility index (Phi) is 6.42. The minimum atomic E-state index is -3.72. The van der Waals surface area contributed by atoms with E-state index in [1.54, 1.807) is 12.1 Å². The van der Waals surface area contributed by atoms with Crippen LogP contribution < -0.4 is 29.6 Å². The van der Waals surface area contributed by atoms with Gasteiger partial charge in [0.2, 0.25) is 0 Å². The molecule has 0 aliphatic carbocycles. The van der Waals surface area contributed by atoms with Gasteiger partial charge in [0.25, 0.3) is 0 Å². The minimum Gasteiger partial charge on any atom is -0.491 e. The van der Waals surface area contributed by atoms with E-state index in [4.69, 9.17) is 0 Å². The van der Waals surface area contributed by atoms with E-state index in [0.717, 1.165) is 11.1 Å². The molecule has 0 atom stereocenters. The summed E-state index contributed by atoms with van der Waals surface area (Å²) < 4.78 is 23.7. The van der Waals surface area contributed by atoms with Gasteiger partial charge in [-0.15, -0.1) is 0 Å². The van der Waals surface area contributed by atoms with Crippen molar-refractivity contribution >= 4 is 16.2 Å². The topological polar surface area (TPSA) is 60.6 Å². The maximum atomic E-state index is 11.9. The molecule has 0 saturated heterocycles. The van der Waals surface area contributed by atoms with E-state index in [1.165, 1.54) is 18.3 Å². The summed E-state index contributed by atoms with van der Waals surface area (Å²) in [4.78, 5) is 3.53. The third-order valence-electron chi connectivity index (χ3n) is 2.48. The van der Waals surface area contributed by atoms with Gasteiger partial charge in [0, 0.05) is 6.21 Å². The molecule has 0 amide bonds. The van der Waals surface area contributed by atoms with Crippen molar-refractivity contribution in [3.8, 4) is 0 Å². The Balaban J connectivity index is 0.00000200. The predicted molar refractivity (Wildman–Crippen MR) is 75.8 cm³/mol. The first kappa shape index (κ1) is 16.9. The van der Waals surface area contributed by atoms with Gasteiger partial charge in [0.1, 0.15) is 10.0 Å². The number of nitrogens with zero attached hydrogens (tertiary/aromatic N) is 2. The summed E-state index contributed by atoms with van der Waals surface area (Å²) in [7, 11) is -3.72. The predicted octanol–water partition coefficient (Wildman–Crippen LogP) is 0.0955. The molecule has 0 fully saturated rings. The fourth-order valence-corrected chi connectivity index (χ4v) is 2.19. The van der Waals surface area contributed by atoms with E-state index in [1.807, 2.05) is 37.3 Å². The van der Waals surface area contributed by atoms with E-state index in [9.17, 15) is 8.42 Å². The maximum Gasteiger partial charge on any atom is 1.00 e. The molecule has 0 N–H and O–H groups in total. The molecule has 0 radical (unpaired) electrons. The largest absolute Gasteiger partial charge is 1.00 e. The Morgan fingerprint density at radius 2 is 1.60 bits per heavy atom. The monoisotopic (exact) mass is 296 g/mol. The Morgan fingerprint density at radius 3 is 2.20 bits per heavy atom. The molecule has 0 aliphatic rings. The van der Waals surface area contributed by atoms with Crippen molar-refractivity contribution in [3.63, 3.8) is 0 Å². The number of sulfonamides is 1. The molecule has 2 rings (SSSR count). The zero-order valence-electron chi connectivity index (χ0n) is 11.4. The van der Waals surface area contributed by atoms with E-state index >= 15 is 0 Å². The zero-order valence-corrected chi connectivity index (χ0v) is 14.2. The molecule has 2 aromatic carbocycles. The molecule has 6 heteroatoms. The van der Waals surface area contributed by atoms with E-state index in [2.05, 4.69) is 9.93 Å². The number of hydrogen-bond donors (Lipinski definition) is 0. The molecule has 4 nitrogen and oxygen atoms in total. The van der Waals surface area contributed by atoms with Crippen LogP contribution in [0.1, 0.15) is 11.1 Å². The van der Waals surface area contributed by atoms with Crippen LogP contribution in [0.4, 0.5) is 0 Å². The van der Waals surface area contributed by atoms with E-state index in [-0.39, 0.29) is 34.5 Å². The molecule has 0 aliphatic heterocycles. The van der Waals surface area contributed by atoms with Gasteiger partial charge < -0.3 is 9.93 Å². The van der Waals surface area contributed by atoms with Crippen molar-refractivity contribution < 1.29 is 38.0 Å². The number of rotatable bonds is 4. The normalized spacial score (nSPS) is 11.1. The molecule has 20 heavy (non-hydrogen) atoms. The second kappa shape index (κ2) is 7.59. The second-order valence-corrected chi connectivity index (χ2v) is 5.61. The molecular formula is C14H13N2NaO2S. The average Bonchev–Trinajstić information content (AvgIpc) is 2.40. The summed E-state index contributed by atoms with van der Waals surface area (Å²) in [6.07, 6.45) is 1.41. The quantitative estimate of drug-likeness (QED) is 0.456. The van der Waals surface area contributed by atoms with Crippen LogP contribution in [-0.4, -0.2) is 14.6 Å². The molecule has 0 bridgehead atoms. The van der Waals surface area contributed by atoms with Crippen molar-refractivity contribution in [1.82, 2.24) is 0 Å². The third kappa shape index (κ3) is 4.76. The van der Waals surface area contributed by atoms with Crippen molar-refractivity contribution in [2.45, 2.75) is 11.8 Å². The van der Waals surface area contributed by atoms with Crippen LogP contribution in [0, 0.1) is 6.92 Å². The molecular weight excluding hydrogens is 283 g/mol. The van der Waals surface area contributed by atoms with Gasteiger partial charge in [0.15, 0.2) is 0 Å². The molecule has 0 heterocycles. The summed E-state index contributed by atoms with van der Waals surface area (Å²) in [6.45, 7) is 1.89. The fourth-order valence-electron chi connectivity index (χ4n) is 1.45. The zero-order chi connectivity index (χ0) is 13.7. The smallest absolute Gasteiger partial charge is 0.491 e. The average molecular weight is 296 g/mol. The van der Waals surface area contributed by atoms with Crippen LogP contribution in [0.2, 0.25) is 0 Å². The Morgan fingerprint density at radius 1 is 1.00 bits per heavy atom. The van der Waals surface area contributed by atoms with Gasteiger partial charge >= 0.3 is 29.6 Å².